The zero-order valence-corrected chi connectivity index (χ0v) is 12.0. The second-order valence-electron chi connectivity index (χ2n) is 6.06. The summed E-state index contributed by atoms with van der Waals surface area (Å²) in [6.45, 7) is 7.15. The van der Waals surface area contributed by atoms with Gasteiger partial charge in [-0.15, -0.1) is 0 Å². The quantitative estimate of drug-likeness (QED) is 0.775. The maximum absolute atomic E-state index is 12.6. The molecule has 5 heteroatoms. The molecule has 2 aliphatic rings. The summed E-state index contributed by atoms with van der Waals surface area (Å²) < 4.78 is 5.46. The molecule has 0 aromatic carbocycles. The molecule has 2 heterocycles. The lowest BCUT2D eigenvalue weighted by atomic mass is 9.93. The lowest BCUT2D eigenvalue weighted by Gasteiger charge is -2.38. The van der Waals surface area contributed by atoms with Gasteiger partial charge in [-0.05, 0) is 32.7 Å². The van der Waals surface area contributed by atoms with E-state index in [2.05, 4.69) is 12.2 Å². The molecule has 2 fully saturated rings. The number of likely N-dealkylation sites (tertiary alicyclic amines) is 1. The highest BCUT2D eigenvalue weighted by atomic mass is 16.5. The summed E-state index contributed by atoms with van der Waals surface area (Å²) in [5, 5.41) is 13.5. The van der Waals surface area contributed by atoms with Crippen LogP contribution < -0.4 is 5.32 Å². The van der Waals surface area contributed by atoms with Crippen molar-refractivity contribution in [1.82, 2.24) is 10.2 Å². The molecule has 2 aliphatic heterocycles. The molecule has 0 aromatic heterocycles. The Kier molecular flexibility index (Phi) is 4.81. The third kappa shape index (κ3) is 3.68. The highest BCUT2D eigenvalue weighted by Crippen LogP contribution is 2.24. The van der Waals surface area contributed by atoms with Crippen molar-refractivity contribution in [3.63, 3.8) is 0 Å². The number of hydrogen-bond donors (Lipinski definition) is 2. The molecule has 2 N–H and O–H groups in total. The predicted octanol–water partition coefficient (Wildman–Crippen LogP) is 0.374. The number of aliphatic hydroxyl groups is 1. The number of nitrogens with one attached hydrogen (secondary N) is 1. The van der Waals surface area contributed by atoms with Crippen molar-refractivity contribution in [2.75, 3.05) is 32.8 Å². The van der Waals surface area contributed by atoms with E-state index in [0.29, 0.717) is 19.8 Å². The van der Waals surface area contributed by atoms with Crippen molar-refractivity contribution in [1.29, 1.82) is 0 Å². The normalized spacial score (nSPS) is 35.6. The predicted molar refractivity (Wildman–Crippen MR) is 72.8 cm³/mol. The minimum absolute atomic E-state index is 0.0968. The maximum atomic E-state index is 12.6. The Balaban J connectivity index is 1.94. The van der Waals surface area contributed by atoms with Crippen molar-refractivity contribution >= 4 is 5.91 Å². The molecular formula is C14H26N2O3. The number of carbonyl (C=O) groups excluding carboxylic acids is 1. The third-order valence-corrected chi connectivity index (χ3v) is 4.04. The molecule has 1 amide bonds. The van der Waals surface area contributed by atoms with Gasteiger partial charge >= 0.3 is 0 Å². The average molecular weight is 270 g/mol. The van der Waals surface area contributed by atoms with E-state index >= 15 is 0 Å². The van der Waals surface area contributed by atoms with Crippen LogP contribution in [-0.2, 0) is 9.53 Å². The van der Waals surface area contributed by atoms with Crippen molar-refractivity contribution in [3.05, 3.63) is 0 Å². The van der Waals surface area contributed by atoms with Crippen LogP contribution in [0.4, 0.5) is 0 Å². The van der Waals surface area contributed by atoms with Crippen molar-refractivity contribution < 1.29 is 14.6 Å². The van der Waals surface area contributed by atoms with Gasteiger partial charge in [0.25, 0.3) is 0 Å². The van der Waals surface area contributed by atoms with Crippen LogP contribution in [0.15, 0.2) is 0 Å². The second kappa shape index (κ2) is 6.20. The Morgan fingerprint density at radius 1 is 1.53 bits per heavy atom. The number of rotatable bonds is 4. The number of piperidine rings is 1. The fraction of sp³-hybridized carbons (Fsp3) is 0.929. The third-order valence-electron chi connectivity index (χ3n) is 4.04. The van der Waals surface area contributed by atoms with Gasteiger partial charge in [-0.2, -0.15) is 0 Å². The molecule has 3 atom stereocenters. The monoisotopic (exact) mass is 270 g/mol. The van der Waals surface area contributed by atoms with E-state index in [4.69, 9.17) is 4.74 Å². The van der Waals surface area contributed by atoms with Crippen LogP contribution in [0.2, 0.25) is 0 Å². The van der Waals surface area contributed by atoms with E-state index in [9.17, 15) is 9.90 Å². The Bertz CT molecular complexity index is 320. The number of carbonyl (C=O) groups is 1. The molecule has 110 valence electrons. The van der Waals surface area contributed by atoms with Crippen LogP contribution >= 0.6 is 0 Å². The van der Waals surface area contributed by atoms with Crippen LogP contribution in [0.1, 0.15) is 33.1 Å². The molecule has 3 unspecified atom stereocenters. The number of ether oxygens (including phenoxy) is 1. The zero-order chi connectivity index (χ0) is 13.9. The molecular weight excluding hydrogens is 244 g/mol. The molecule has 0 spiro atoms. The maximum Gasteiger partial charge on any atom is 0.229 e. The summed E-state index contributed by atoms with van der Waals surface area (Å²) in [5.74, 6) is 0.0338. The zero-order valence-electron chi connectivity index (χ0n) is 12.0. The Labute approximate surface area is 115 Å². The molecule has 5 nitrogen and oxygen atoms in total. The largest absolute Gasteiger partial charge is 0.388 e. The summed E-state index contributed by atoms with van der Waals surface area (Å²) in [6.07, 6.45) is 2.70. The van der Waals surface area contributed by atoms with Gasteiger partial charge in [0.15, 0.2) is 0 Å². The van der Waals surface area contributed by atoms with Crippen molar-refractivity contribution in [2.45, 2.75) is 44.8 Å². The molecule has 2 rings (SSSR count). The molecule has 0 bridgehead atoms. The lowest BCUT2D eigenvalue weighted by molar-refractivity contribution is -0.142. The van der Waals surface area contributed by atoms with Gasteiger partial charge in [-0.25, -0.2) is 0 Å². The topological polar surface area (TPSA) is 61.8 Å². The smallest absolute Gasteiger partial charge is 0.229 e. The first-order chi connectivity index (χ1) is 9.03. The summed E-state index contributed by atoms with van der Waals surface area (Å²) in [5.41, 5.74) is -0.736. The number of nitrogens with zero attached hydrogens (tertiary/aromatic N) is 1. The van der Waals surface area contributed by atoms with Gasteiger partial charge < -0.3 is 20.1 Å². The fourth-order valence-electron chi connectivity index (χ4n) is 2.97. The fourth-order valence-corrected chi connectivity index (χ4v) is 2.97. The number of amides is 1. The van der Waals surface area contributed by atoms with Gasteiger partial charge in [0.2, 0.25) is 5.91 Å². The molecule has 2 saturated heterocycles. The SMILES string of the molecule is CCCNC1COCC1C(=O)N1CCCC(C)(O)C1. The van der Waals surface area contributed by atoms with Gasteiger partial charge in [-0.1, -0.05) is 6.92 Å². The van der Waals surface area contributed by atoms with Gasteiger partial charge in [0, 0.05) is 19.1 Å². The highest BCUT2D eigenvalue weighted by molar-refractivity contribution is 5.80. The van der Waals surface area contributed by atoms with E-state index in [1.54, 1.807) is 0 Å². The highest BCUT2D eigenvalue weighted by Gasteiger charge is 2.39. The van der Waals surface area contributed by atoms with Gasteiger partial charge in [-0.3, -0.25) is 4.79 Å². The first-order valence-electron chi connectivity index (χ1n) is 7.36. The summed E-state index contributed by atoms with van der Waals surface area (Å²) in [4.78, 5) is 14.4. The molecule has 0 saturated carbocycles. The standard InChI is InChI=1S/C14H26N2O3/c1-3-6-15-12-9-19-8-11(12)13(17)16-7-4-5-14(2,18)10-16/h11-12,15,18H,3-10H2,1-2H3. The van der Waals surface area contributed by atoms with E-state index in [1.807, 2.05) is 11.8 Å². The molecule has 0 aromatic rings. The first-order valence-corrected chi connectivity index (χ1v) is 7.36. The summed E-state index contributed by atoms with van der Waals surface area (Å²) >= 11 is 0. The average Bonchev–Trinajstić information content (AvgIpc) is 2.82. The van der Waals surface area contributed by atoms with E-state index in [0.717, 1.165) is 32.4 Å². The first kappa shape index (κ1) is 14.8. The van der Waals surface area contributed by atoms with Crippen LogP contribution in [0.5, 0.6) is 0 Å². The van der Waals surface area contributed by atoms with E-state index in [-0.39, 0.29) is 17.9 Å². The Morgan fingerprint density at radius 2 is 2.32 bits per heavy atom. The molecule has 19 heavy (non-hydrogen) atoms. The summed E-state index contributed by atoms with van der Waals surface area (Å²) in [7, 11) is 0. The van der Waals surface area contributed by atoms with Gasteiger partial charge in [0.1, 0.15) is 0 Å². The number of hydrogen-bond acceptors (Lipinski definition) is 4. The Morgan fingerprint density at radius 3 is 3.00 bits per heavy atom. The number of β-amino-alcohol motifs (C(OH)–C–C–N with tert-alkyl or cyclic N) is 1. The van der Waals surface area contributed by atoms with Crippen LogP contribution in [0.25, 0.3) is 0 Å². The van der Waals surface area contributed by atoms with Crippen molar-refractivity contribution in [2.24, 2.45) is 5.92 Å². The Hall–Kier alpha value is -0.650. The van der Waals surface area contributed by atoms with E-state index < -0.39 is 5.60 Å². The minimum Gasteiger partial charge on any atom is -0.388 e. The summed E-state index contributed by atoms with van der Waals surface area (Å²) in [6, 6.07) is 0.124. The minimum atomic E-state index is -0.736. The van der Waals surface area contributed by atoms with Crippen LogP contribution in [0, 0.1) is 5.92 Å². The lowest BCUT2D eigenvalue weighted by Crippen LogP contribution is -2.53. The van der Waals surface area contributed by atoms with E-state index in [1.165, 1.54) is 0 Å². The van der Waals surface area contributed by atoms with Crippen LogP contribution in [-0.4, -0.2) is 60.4 Å². The van der Waals surface area contributed by atoms with Crippen LogP contribution in [0.3, 0.4) is 0 Å². The second-order valence-corrected chi connectivity index (χ2v) is 6.06. The molecule has 0 aliphatic carbocycles. The van der Waals surface area contributed by atoms with Gasteiger partial charge in [0.05, 0.1) is 24.7 Å². The molecule has 0 radical (unpaired) electrons. The van der Waals surface area contributed by atoms with Crippen molar-refractivity contribution in [3.8, 4) is 0 Å².